The summed E-state index contributed by atoms with van der Waals surface area (Å²) in [6, 6.07) is 23.4. The van der Waals surface area contributed by atoms with Crippen LogP contribution < -0.4 is 19.7 Å². The molecule has 0 saturated carbocycles. The standard InChI is InChI=1S/C28H29BrN2O2/c1-32-27-18-22(31-15-13-30-14-16-31)8-10-25(27)28-24-11-9-23(17-21(24)7-12-26(28)29)33-19-20-5-3-2-4-6-20/h2-6,8-11,17-18,30H,7,12-16,19H2,1H3. The molecule has 5 rings (SSSR count). The minimum absolute atomic E-state index is 0.577. The number of allylic oxidation sites excluding steroid dienone is 1. The van der Waals surface area contributed by atoms with Crippen molar-refractivity contribution < 1.29 is 9.47 Å². The van der Waals surface area contributed by atoms with Crippen LogP contribution in [0.5, 0.6) is 11.5 Å². The van der Waals surface area contributed by atoms with Gasteiger partial charge in [0.1, 0.15) is 18.1 Å². The van der Waals surface area contributed by atoms with Crippen molar-refractivity contribution in [1.82, 2.24) is 5.32 Å². The molecule has 1 heterocycles. The molecule has 0 spiro atoms. The van der Waals surface area contributed by atoms with E-state index in [-0.39, 0.29) is 0 Å². The van der Waals surface area contributed by atoms with Gasteiger partial charge in [-0.2, -0.15) is 0 Å². The summed E-state index contributed by atoms with van der Waals surface area (Å²) < 4.78 is 13.2. The Kier molecular flexibility index (Phi) is 6.70. The molecule has 170 valence electrons. The Hall–Kier alpha value is -2.76. The van der Waals surface area contributed by atoms with Crippen LogP contribution in [-0.4, -0.2) is 33.3 Å². The number of hydrogen-bond acceptors (Lipinski definition) is 4. The van der Waals surface area contributed by atoms with Gasteiger partial charge in [0, 0.05) is 53.6 Å². The third kappa shape index (κ3) is 4.80. The molecule has 1 aliphatic carbocycles. The quantitative estimate of drug-likeness (QED) is 0.460. The summed E-state index contributed by atoms with van der Waals surface area (Å²) in [7, 11) is 1.76. The molecule has 0 amide bonds. The first-order valence-corrected chi connectivity index (χ1v) is 12.3. The van der Waals surface area contributed by atoms with Crippen LogP contribution >= 0.6 is 15.9 Å². The van der Waals surface area contributed by atoms with Gasteiger partial charge in [0.15, 0.2) is 0 Å². The van der Waals surface area contributed by atoms with Gasteiger partial charge in [-0.3, -0.25) is 0 Å². The van der Waals surface area contributed by atoms with Crippen molar-refractivity contribution in [2.24, 2.45) is 0 Å². The summed E-state index contributed by atoms with van der Waals surface area (Å²) in [6.07, 6.45) is 1.95. The SMILES string of the molecule is COc1cc(N2CCNCC2)ccc1C1=C(Br)CCc2cc(OCc3ccccc3)ccc21. The zero-order valence-electron chi connectivity index (χ0n) is 18.9. The molecule has 33 heavy (non-hydrogen) atoms. The molecule has 0 aromatic heterocycles. The highest BCUT2D eigenvalue weighted by Crippen LogP contribution is 2.43. The summed E-state index contributed by atoms with van der Waals surface area (Å²) in [4.78, 5) is 2.41. The lowest BCUT2D eigenvalue weighted by atomic mass is 9.86. The van der Waals surface area contributed by atoms with Gasteiger partial charge in [-0.25, -0.2) is 0 Å². The maximum absolute atomic E-state index is 6.09. The smallest absolute Gasteiger partial charge is 0.128 e. The third-order valence-electron chi connectivity index (χ3n) is 6.42. The summed E-state index contributed by atoms with van der Waals surface area (Å²) in [5, 5.41) is 3.42. The number of ether oxygens (including phenoxy) is 2. The molecule has 1 saturated heterocycles. The van der Waals surface area contributed by atoms with E-state index in [0.717, 1.165) is 56.1 Å². The van der Waals surface area contributed by atoms with E-state index in [9.17, 15) is 0 Å². The normalized spacial score (nSPS) is 15.9. The number of fused-ring (bicyclic) bond motifs is 1. The third-order valence-corrected chi connectivity index (χ3v) is 7.21. The lowest BCUT2D eigenvalue weighted by molar-refractivity contribution is 0.306. The Morgan fingerprint density at radius 2 is 1.70 bits per heavy atom. The van der Waals surface area contributed by atoms with Gasteiger partial charge in [0.05, 0.1) is 7.11 Å². The van der Waals surface area contributed by atoms with Gasteiger partial charge in [0.25, 0.3) is 0 Å². The second-order valence-electron chi connectivity index (χ2n) is 8.49. The molecule has 5 heteroatoms. The topological polar surface area (TPSA) is 33.7 Å². The van der Waals surface area contributed by atoms with Crippen LogP contribution in [0, 0.1) is 0 Å². The Labute approximate surface area is 204 Å². The van der Waals surface area contributed by atoms with Crippen molar-refractivity contribution in [2.45, 2.75) is 19.4 Å². The van der Waals surface area contributed by atoms with Gasteiger partial charge in [-0.05, 0) is 53.8 Å². The van der Waals surface area contributed by atoms with Crippen molar-refractivity contribution >= 4 is 27.2 Å². The zero-order chi connectivity index (χ0) is 22.6. The number of piperazine rings is 1. The van der Waals surface area contributed by atoms with Crippen molar-refractivity contribution in [3.63, 3.8) is 0 Å². The fourth-order valence-corrected chi connectivity index (χ4v) is 5.29. The highest BCUT2D eigenvalue weighted by atomic mass is 79.9. The van der Waals surface area contributed by atoms with Gasteiger partial charge in [0.2, 0.25) is 0 Å². The second kappa shape index (κ2) is 10.0. The Bertz CT molecular complexity index is 1150. The molecule has 0 unspecified atom stereocenters. The largest absolute Gasteiger partial charge is 0.496 e. The maximum Gasteiger partial charge on any atom is 0.128 e. The molecule has 3 aromatic rings. The molecule has 1 fully saturated rings. The lowest BCUT2D eigenvalue weighted by Crippen LogP contribution is -2.43. The van der Waals surface area contributed by atoms with Crippen molar-refractivity contribution in [1.29, 1.82) is 0 Å². The number of benzene rings is 3. The fourth-order valence-electron chi connectivity index (χ4n) is 4.66. The van der Waals surface area contributed by atoms with Crippen LogP contribution in [0.15, 0.2) is 71.2 Å². The van der Waals surface area contributed by atoms with Crippen LogP contribution in [-0.2, 0) is 13.0 Å². The van der Waals surface area contributed by atoms with E-state index in [1.165, 1.54) is 32.4 Å². The van der Waals surface area contributed by atoms with E-state index in [2.05, 4.69) is 74.7 Å². The molecular weight excluding hydrogens is 476 g/mol. The van der Waals surface area contributed by atoms with E-state index < -0.39 is 0 Å². The van der Waals surface area contributed by atoms with E-state index in [4.69, 9.17) is 9.47 Å². The van der Waals surface area contributed by atoms with Crippen LogP contribution in [0.1, 0.15) is 28.7 Å². The molecule has 0 bridgehead atoms. The molecule has 2 aliphatic rings. The predicted octanol–water partition coefficient (Wildman–Crippen LogP) is 5.78. The molecule has 0 radical (unpaired) electrons. The molecule has 3 aromatic carbocycles. The van der Waals surface area contributed by atoms with Crippen molar-refractivity contribution in [2.75, 3.05) is 38.2 Å². The number of aryl methyl sites for hydroxylation is 1. The van der Waals surface area contributed by atoms with Crippen molar-refractivity contribution in [3.8, 4) is 11.5 Å². The maximum atomic E-state index is 6.09. The van der Waals surface area contributed by atoms with E-state index in [0.29, 0.717) is 6.61 Å². The predicted molar refractivity (Wildman–Crippen MR) is 139 cm³/mol. The monoisotopic (exact) mass is 504 g/mol. The van der Waals surface area contributed by atoms with E-state index in [1.807, 2.05) is 18.2 Å². The number of nitrogens with one attached hydrogen (secondary N) is 1. The molecular formula is C28H29BrN2O2. The summed E-state index contributed by atoms with van der Waals surface area (Å²) >= 11 is 3.87. The minimum atomic E-state index is 0.577. The number of methoxy groups -OCH3 is 1. The van der Waals surface area contributed by atoms with Gasteiger partial charge < -0.3 is 19.7 Å². The van der Waals surface area contributed by atoms with Gasteiger partial charge >= 0.3 is 0 Å². The van der Waals surface area contributed by atoms with Crippen LogP contribution in [0.2, 0.25) is 0 Å². The lowest BCUT2D eigenvalue weighted by Gasteiger charge is -2.30. The number of anilines is 1. The second-order valence-corrected chi connectivity index (χ2v) is 9.45. The van der Waals surface area contributed by atoms with E-state index in [1.54, 1.807) is 7.11 Å². The highest BCUT2D eigenvalue weighted by Gasteiger charge is 2.23. The summed E-state index contributed by atoms with van der Waals surface area (Å²) in [6.45, 7) is 4.64. The van der Waals surface area contributed by atoms with Crippen LogP contribution in [0.25, 0.3) is 5.57 Å². The summed E-state index contributed by atoms with van der Waals surface area (Å²) in [5.41, 5.74) is 7.29. The molecule has 1 aliphatic heterocycles. The molecule has 0 atom stereocenters. The average Bonchev–Trinajstić information content (AvgIpc) is 2.88. The fraction of sp³-hybridized carbons (Fsp3) is 0.286. The van der Waals surface area contributed by atoms with E-state index >= 15 is 0 Å². The minimum Gasteiger partial charge on any atom is -0.496 e. The number of hydrogen-bond donors (Lipinski definition) is 1. The molecule has 1 N–H and O–H groups in total. The van der Waals surface area contributed by atoms with Crippen LogP contribution in [0.4, 0.5) is 5.69 Å². The van der Waals surface area contributed by atoms with Crippen LogP contribution in [0.3, 0.4) is 0 Å². The molecule has 4 nitrogen and oxygen atoms in total. The number of halogens is 1. The Morgan fingerprint density at radius 3 is 2.48 bits per heavy atom. The van der Waals surface area contributed by atoms with Gasteiger partial charge in [-0.1, -0.05) is 52.3 Å². The zero-order valence-corrected chi connectivity index (χ0v) is 20.5. The highest BCUT2D eigenvalue weighted by molar-refractivity contribution is 9.11. The van der Waals surface area contributed by atoms with Crippen molar-refractivity contribution in [3.05, 3.63) is 93.5 Å². The first-order chi connectivity index (χ1) is 16.2. The first-order valence-electron chi connectivity index (χ1n) is 11.6. The average molecular weight is 505 g/mol. The Morgan fingerprint density at radius 1 is 0.909 bits per heavy atom. The Balaban J connectivity index is 1.43. The number of nitrogens with zero attached hydrogens (tertiary/aromatic N) is 1. The number of rotatable bonds is 6. The first kappa shape index (κ1) is 22.1. The van der Waals surface area contributed by atoms with Gasteiger partial charge in [-0.15, -0.1) is 0 Å². The summed E-state index contributed by atoms with van der Waals surface area (Å²) in [5.74, 6) is 1.83.